The second-order valence-electron chi connectivity index (χ2n) is 2.31. The highest BCUT2D eigenvalue weighted by atomic mass is 16.5. The Morgan fingerprint density at radius 2 is 2.50 bits per heavy atom. The van der Waals surface area contributed by atoms with Crippen molar-refractivity contribution in [2.24, 2.45) is 4.99 Å². The maximum absolute atomic E-state index is 5.22. The molecule has 0 N–H and O–H groups in total. The summed E-state index contributed by atoms with van der Waals surface area (Å²) in [6.07, 6.45) is 2.12. The SMILES string of the molecule is CCOCC1=NCC=C1C. The number of nitrogens with zero attached hydrogens (tertiary/aromatic N) is 1. The molecular weight excluding hydrogens is 126 g/mol. The van der Waals surface area contributed by atoms with E-state index >= 15 is 0 Å². The molecule has 56 valence electrons. The average molecular weight is 139 g/mol. The van der Waals surface area contributed by atoms with Crippen LogP contribution in [0.15, 0.2) is 16.6 Å². The van der Waals surface area contributed by atoms with E-state index in [2.05, 4.69) is 18.0 Å². The third-order valence-electron chi connectivity index (χ3n) is 1.58. The molecule has 0 spiro atoms. The number of ether oxygens (including phenoxy) is 1. The normalized spacial score (nSPS) is 17.0. The Kier molecular flexibility index (Phi) is 2.63. The molecule has 2 nitrogen and oxygen atoms in total. The first-order valence-electron chi connectivity index (χ1n) is 3.62. The fourth-order valence-electron chi connectivity index (χ4n) is 0.893. The van der Waals surface area contributed by atoms with Crippen LogP contribution >= 0.6 is 0 Å². The minimum Gasteiger partial charge on any atom is -0.375 e. The van der Waals surface area contributed by atoms with Gasteiger partial charge in [0.15, 0.2) is 0 Å². The molecule has 0 amide bonds. The van der Waals surface area contributed by atoms with Crippen LogP contribution in [-0.4, -0.2) is 25.5 Å². The highest BCUT2D eigenvalue weighted by molar-refractivity contribution is 6.02. The zero-order valence-corrected chi connectivity index (χ0v) is 6.55. The second-order valence-corrected chi connectivity index (χ2v) is 2.31. The van der Waals surface area contributed by atoms with E-state index in [0.717, 1.165) is 18.9 Å². The van der Waals surface area contributed by atoms with Gasteiger partial charge in [-0.05, 0) is 19.4 Å². The van der Waals surface area contributed by atoms with Crippen molar-refractivity contribution in [1.82, 2.24) is 0 Å². The summed E-state index contributed by atoms with van der Waals surface area (Å²) in [7, 11) is 0. The lowest BCUT2D eigenvalue weighted by atomic mass is 10.2. The van der Waals surface area contributed by atoms with Gasteiger partial charge >= 0.3 is 0 Å². The van der Waals surface area contributed by atoms with Crippen molar-refractivity contribution in [3.05, 3.63) is 11.6 Å². The molecule has 1 aliphatic rings. The summed E-state index contributed by atoms with van der Waals surface area (Å²) in [6, 6.07) is 0. The van der Waals surface area contributed by atoms with E-state index in [-0.39, 0.29) is 0 Å². The first-order valence-corrected chi connectivity index (χ1v) is 3.62. The molecule has 1 rings (SSSR count). The molecule has 1 aliphatic heterocycles. The molecule has 0 fully saturated rings. The van der Waals surface area contributed by atoms with Gasteiger partial charge in [-0.15, -0.1) is 0 Å². The van der Waals surface area contributed by atoms with E-state index in [9.17, 15) is 0 Å². The maximum atomic E-state index is 5.22. The Morgan fingerprint density at radius 3 is 3.00 bits per heavy atom. The van der Waals surface area contributed by atoms with Crippen LogP contribution in [-0.2, 0) is 4.74 Å². The van der Waals surface area contributed by atoms with E-state index in [1.54, 1.807) is 0 Å². The number of rotatable bonds is 3. The topological polar surface area (TPSA) is 21.6 Å². The quantitative estimate of drug-likeness (QED) is 0.579. The molecule has 0 unspecified atom stereocenters. The van der Waals surface area contributed by atoms with E-state index < -0.39 is 0 Å². The minimum atomic E-state index is 0.679. The van der Waals surface area contributed by atoms with E-state index in [0.29, 0.717) is 6.61 Å². The van der Waals surface area contributed by atoms with Crippen LogP contribution in [0.4, 0.5) is 0 Å². The van der Waals surface area contributed by atoms with Gasteiger partial charge in [0.1, 0.15) is 0 Å². The molecule has 2 heteroatoms. The van der Waals surface area contributed by atoms with Crippen LogP contribution < -0.4 is 0 Å². The summed E-state index contributed by atoms with van der Waals surface area (Å²) in [6.45, 7) is 6.36. The van der Waals surface area contributed by atoms with Crippen molar-refractivity contribution in [2.45, 2.75) is 13.8 Å². The average Bonchev–Trinajstić information content (AvgIpc) is 2.31. The Bertz CT molecular complexity index is 170. The molecule has 0 aromatic heterocycles. The van der Waals surface area contributed by atoms with Crippen LogP contribution in [0, 0.1) is 0 Å². The van der Waals surface area contributed by atoms with Crippen LogP contribution in [0.1, 0.15) is 13.8 Å². The molecule has 1 heterocycles. The highest BCUT2D eigenvalue weighted by Gasteiger charge is 2.05. The highest BCUT2D eigenvalue weighted by Crippen LogP contribution is 2.04. The van der Waals surface area contributed by atoms with Crippen molar-refractivity contribution < 1.29 is 4.74 Å². The Morgan fingerprint density at radius 1 is 1.70 bits per heavy atom. The first-order chi connectivity index (χ1) is 4.84. The first kappa shape index (κ1) is 7.48. The van der Waals surface area contributed by atoms with Crippen LogP contribution in [0.3, 0.4) is 0 Å². The number of hydrogen-bond acceptors (Lipinski definition) is 2. The third-order valence-corrected chi connectivity index (χ3v) is 1.58. The van der Waals surface area contributed by atoms with Gasteiger partial charge in [-0.3, -0.25) is 4.99 Å². The van der Waals surface area contributed by atoms with Gasteiger partial charge in [0.05, 0.1) is 18.9 Å². The fourth-order valence-corrected chi connectivity index (χ4v) is 0.893. The van der Waals surface area contributed by atoms with Gasteiger partial charge in [0.25, 0.3) is 0 Å². The van der Waals surface area contributed by atoms with Crippen molar-refractivity contribution >= 4 is 5.71 Å². The van der Waals surface area contributed by atoms with Crippen LogP contribution in [0.5, 0.6) is 0 Å². The summed E-state index contributed by atoms with van der Waals surface area (Å²) in [5.41, 5.74) is 2.38. The third kappa shape index (κ3) is 1.67. The molecule has 0 aromatic carbocycles. The monoisotopic (exact) mass is 139 g/mol. The summed E-state index contributed by atoms with van der Waals surface area (Å²) >= 11 is 0. The lowest BCUT2D eigenvalue weighted by Gasteiger charge is -2.00. The van der Waals surface area contributed by atoms with Crippen LogP contribution in [0.25, 0.3) is 0 Å². The Balaban J connectivity index is 2.35. The molecule has 10 heavy (non-hydrogen) atoms. The van der Waals surface area contributed by atoms with Gasteiger partial charge in [-0.1, -0.05) is 6.08 Å². The predicted molar refractivity (Wildman–Crippen MR) is 42.6 cm³/mol. The van der Waals surface area contributed by atoms with Crippen LogP contribution in [0.2, 0.25) is 0 Å². The van der Waals surface area contributed by atoms with Crippen molar-refractivity contribution in [1.29, 1.82) is 0 Å². The molecule has 0 aliphatic carbocycles. The molecule has 0 aromatic rings. The lowest BCUT2D eigenvalue weighted by Crippen LogP contribution is -2.07. The lowest BCUT2D eigenvalue weighted by molar-refractivity contribution is 0.187. The number of aliphatic imine (C=N–C) groups is 1. The van der Waals surface area contributed by atoms with Gasteiger partial charge in [0, 0.05) is 6.61 Å². The van der Waals surface area contributed by atoms with Crippen molar-refractivity contribution in [3.63, 3.8) is 0 Å². The van der Waals surface area contributed by atoms with Crippen molar-refractivity contribution in [2.75, 3.05) is 19.8 Å². The van der Waals surface area contributed by atoms with Gasteiger partial charge < -0.3 is 4.74 Å². The standard InChI is InChI=1S/C8H13NO/c1-3-10-6-8-7(2)4-5-9-8/h4H,3,5-6H2,1-2H3. The molecule has 0 atom stereocenters. The number of hydrogen-bond donors (Lipinski definition) is 0. The smallest absolute Gasteiger partial charge is 0.0885 e. The summed E-state index contributed by atoms with van der Waals surface area (Å²) in [4.78, 5) is 4.25. The van der Waals surface area contributed by atoms with Gasteiger partial charge in [0.2, 0.25) is 0 Å². The van der Waals surface area contributed by atoms with E-state index in [4.69, 9.17) is 4.74 Å². The molecule has 0 saturated carbocycles. The molecule has 0 radical (unpaired) electrons. The van der Waals surface area contributed by atoms with Gasteiger partial charge in [-0.2, -0.15) is 0 Å². The molecule has 0 bridgehead atoms. The summed E-state index contributed by atoms with van der Waals surface area (Å²) in [5.74, 6) is 0. The summed E-state index contributed by atoms with van der Waals surface area (Å²) in [5, 5.41) is 0. The zero-order valence-electron chi connectivity index (χ0n) is 6.55. The fraction of sp³-hybridized carbons (Fsp3) is 0.625. The Hall–Kier alpha value is -0.630. The predicted octanol–water partition coefficient (Wildman–Crippen LogP) is 1.42. The van der Waals surface area contributed by atoms with Gasteiger partial charge in [-0.25, -0.2) is 0 Å². The van der Waals surface area contributed by atoms with E-state index in [1.165, 1.54) is 5.57 Å². The van der Waals surface area contributed by atoms with Crippen molar-refractivity contribution in [3.8, 4) is 0 Å². The van der Waals surface area contributed by atoms with E-state index in [1.807, 2.05) is 6.92 Å². The maximum Gasteiger partial charge on any atom is 0.0885 e. The Labute approximate surface area is 61.6 Å². The second kappa shape index (κ2) is 3.52. The molecule has 0 saturated heterocycles. The zero-order chi connectivity index (χ0) is 7.40. The minimum absolute atomic E-state index is 0.679. The summed E-state index contributed by atoms with van der Waals surface area (Å²) < 4.78 is 5.22. The molecular formula is C8H13NO. The largest absolute Gasteiger partial charge is 0.375 e.